The molecule has 28 heavy (non-hydrogen) atoms. The second-order valence-electron chi connectivity index (χ2n) is 6.20. The highest BCUT2D eigenvalue weighted by atomic mass is 32.1. The molecule has 0 aliphatic rings. The quantitative estimate of drug-likeness (QED) is 0.423. The van der Waals surface area contributed by atoms with Crippen LogP contribution in [0.2, 0.25) is 0 Å². The Morgan fingerprint density at radius 3 is 2.25 bits per heavy atom. The predicted molar refractivity (Wildman–Crippen MR) is 116 cm³/mol. The molecule has 0 bridgehead atoms. The fourth-order valence-corrected chi connectivity index (χ4v) is 4.31. The second-order valence-corrected chi connectivity index (χ2v) is 8.09. The van der Waals surface area contributed by atoms with Gasteiger partial charge in [-0.3, -0.25) is 0 Å². The van der Waals surface area contributed by atoms with Crippen molar-refractivity contribution in [2.45, 2.75) is 6.92 Å². The molecule has 142 valence electrons. The SMILES string of the molecule is COc1cc(OC)cc(-c2nnc(Nc3csc(-c4ccc(C)cc4)c3)s2)c1. The Morgan fingerprint density at radius 2 is 1.57 bits per heavy atom. The van der Waals surface area contributed by atoms with Gasteiger partial charge in [0, 0.05) is 21.9 Å². The maximum Gasteiger partial charge on any atom is 0.210 e. The maximum absolute atomic E-state index is 5.34. The summed E-state index contributed by atoms with van der Waals surface area (Å²) in [6.45, 7) is 2.09. The first-order chi connectivity index (χ1) is 13.6. The van der Waals surface area contributed by atoms with Gasteiger partial charge in [0.25, 0.3) is 0 Å². The molecule has 1 N–H and O–H groups in total. The minimum Gasteiger partial charge on any atom is -0.497 e. The van der Waals surface area contributed by atoms with E-state index in [4.69, 9.17) is 9.47 Å². The van der Waals surface area contributed by atoms with E-state index in [-0.39, 0.29) is 0 Å². The summed E-state index contributed by atoms with van der Waals surface area (Å²) in [7, 11) is 3.27. The number of aryl methyl sites for hydroxylation is 1. The summed E-state index contributed by atoms with van der Waals surface area (Å²) in [4.78, 5) is 1.21. The van der Waals surface area contributed by atoms with Crippen LogP contribution in [0.3, 0.4) is 0 Å². The average molecular weight is 410 g/mol. The molecule has 2 aromatic carbocycles. The van der Waals surface area contributed by atoms with Crippen molar-refractivity contribution in [2.75, 3.05) is 19.5 Å². The highest BCUT2D eigenvalue weighted by Crippen LogP contribution is 2.35. The Balaban J connectivity index is 1.54. The van der Waals surface area contributed by atoms with Crippen LogP contribution < -0.4 is 14.8 Å². The Bertz CT molecular complexity index is 1060. The van der Waals surface area contributed by atoms with Crippen LogP contribution in [0.4, 0.5) is 10.8 Å². The fraction of sp³-hybridized carbons (Fsp3) is 0.143. The normalized spacial score (nSPS) is 10.7. The predicted octanol–water partition coefficient (Wildman–Crippen LogP) is 6.00. The number of nitrogens with zero attached hydrogens (tertiary/aromatic N) is 2. The smallest absolute Gasteiger partial charge is 0.210 e. The zero-order valence-corrected chi connectivity index (χ0v) is 17.4. The van der Waals surface area contributed by atoms with Crippen LogP contribution in [0.1, 0.15) is 5.56 Å². The second kappa shape index (κ2) is 8.00. The van der Waals surface area contributed by atoms with Gasteiger partial charge in [0.1, 0.15) is 16.5 Å². The lowest BCUT2D eigenvalue weighted by atomic mass is 10.1. The Labute approximate surface area is 171 Å². The van der Waals surface area contributed by atoms with Crippen molar-refractivity contribution in [3.63, 3.8) is 0 Å². The zero-order chi connectivity index (χ0) is 19.5. The van der Waals surface area contributed by atoms with E-state index in [1.165, 1.54) is 27.3 Å². The molecule has 0 saturated heterocycles. The van der Waals surface area contributed by atoms with Gasteiger partial charge in [-0.25, -0.2) is 0 Å². The summed E-state index contributed by atoms with van der Waals surface area (Å²) in [5.41, 5.74) is 4.39. The number of methoxy groups -OCH3 is 2. The van der Waals surface area contributed by atoms with Gasteiger partial charge < -0.3 is 14.8 Å². The molecule has 0 amide bonds. The Kier molecular flexibility index (Phi) is 5.27. The van der Waals surface area contributed by atoms with Crippen LogP contribution in [0.25, 0.3) is 21.0 Å². The first kappa shape index (κ1) is 18.5. The van der Waals surface area contributed by atoms with Crippen molar-refractivity contribution in [3.8, 4) is 32.5 Å². The highest BCUT2D eigenvalue weighted by molar-refractivity contribution is 7.18. The first-order valence-corrected chi connectivity index (χ1v) is 10.3. The molecule has 0 aliphatic heterocycles. The molecule has 0 saturated carbocycles. The largest absolute Gasteiger partial charge is 0.497 e. The first-order valence-electron chi connectivity index (χ1n) is 8.64. The van der Waals surface area contributed by atoms with Gasteiger partial charge in [0.15, 0.2) is 0 Å². The zero-order valence-electron chi connectivity index (χ0n) is 15.7. The van der Waals surface area contributed by atoms with Crippen LogP contribution in [0, 0.1) is 6.92 Å². The number of ether oxygens (including phenoxy) is 2. The number of nitrogens with one attached hydrogen (secondary N) is 1. The highest BCUT2D eigenvalue weighted by Gasteiger charge is 2.11. The number of hydrogen-bond donors (Lipinski definition) is 1. The van der Waals surface area contributed by atoms with E-state index >= 15 is 0 Å². The molecule has 2 heterocycles. The molecule has 0 atom stereocenters. The summed E-state index contributed by atoms with van der Waals surface area (Å²) >= 11 is 3.19. The number of anilines is 2. The van der Waals surface area contributed by atoms with Gasteiger partial charge in [0.05, 0.1) is 19.9 Å². The number of rotatable bonds is 6. The van der Waals surface area contributed by atoms with Crippen molar-refractivity contribution >= 4 is 33.5 Å². The Morgan fingerprint density at radius 1 is 0.857 bits per heavy atom. The lowest BCUT2D eigenvalue weighted by Crippen LogP contribution is -1.88. The van der Waals surface area contributed by atoms with Crippen molar-refractivity contribution in [3.05, 3.63) is 59.5 Å². The number of aromatic nitrogens is 2. The molecule has 5 nitrogen and oxygen atoms in total. The van der Waals surface area contributed by atoms with Crippen LogP contribution in [-0.2, 0) is 0 Å². The molecule has 0 unspecified atom stereocenters. The molecule has 2 aromatic heterocycles. The minimum atomic E-state index is 0.722. The molecule has 0 spiro atoms. The van der Waals surface area contributed by atoms with Crippen molar-refractivity contribution in [2.24, 2.45) is 0 Å². The lowest BCUT2D eigenvalue weighted by molar-refractivity contribution is 0.394. The van der Waals surface area contributed by atoms with Crippen LogP contribution in [0.5, 0.6) is 11.5 Å². The summed E-state index contributed by atoms with van der Waals surface area (Å²) in [5.74, 6) is 1.44. The van der Waals surface area contributed by atoms with E-state index in [1.54, 1.807) is 25.6 Å². The topological polar surface area (TPSA) is 56.3 Å². The molecule has 0 fully saturated rings. The van der Waals surface area contributed by atoms with Crippen molar-refractivity contribution in [1.82, 2.24) is 10.2 Å². The van der Waals surface area contributed by atoms with Crippen molar-refractivity contribution < 1.29 is 9.47 Å². The molecule has 0 radical (unpaired) electrons. The Hall–Kier alpha value is -2.90. The van der Waals surface area contributed by atoms with Gasteiger partial charge in [-0.15, -0.1) is 21.5 Å². The van der Waals surface area contributed by atoms with Gasteiger partial charge in [-0.2, -0.15) is 0 Å². The van der Waals surface area contributed by atoms with Gasteiger partial charge >= 0.3 is 0 Å². The summed E-state index contributed by atoms with van der Waals surface area (Å²) in [6, 6.07) is 16.4. The standard InChI is InChI=1S/C21H19N3O2S2/c1-13-4-6-14(7-5-13)19-10-16(12-27-19)22-21-24-23-20(28-21)15-8-17(25-2)11-18(9-15)26-3/h4-12H,1-3H3,(H,22,24). The third-order valence-corrected chi connectivity index (χ3v) is 6.08. The van der Waals surface area contributed by atoms with Gasteiger partial charge in [-0.1, -0.05) is 41.2 Å². The molecule has 7 heteroatoms. The average Bonchev–Trinajstić information content (AvgIpc) is 3.38. The minimum absolute atomic E-state index is 0.722. The number of hydrogen-bond acceptors (Lipinski definition) is 7. The molecule has 0 aliphatic carbocycles. The molecule has 4 aromatic rings. The van der Waals surface area contributed by atoms with Crippen molar-refractivity contribution in [1.29, 1.82) is 0 Å². The van der Waals surface area contributed by atoms with Gasteiger partial charge in [0.2, 0.25) is 5.13 Å². The summed E-state index contributed by atoms with van der Waals surface area (Å²) in [5, 5.41) is 15.6. The molecule has 4 rings (SSSR count). The fourth-order valence-electron chi connectivity index (χ4n) is 2.72. The molecular weight excluding hydrogens is 390 g/mol. The third-order valence-electron chi connectivity index (χ3n) is 4.21. The van der Waals surface area contributed by atoms with Crippen LogP contribution in [-0.4, -0.2) is 24.4 Å². The molecular formula is C21H19N3O2S2. The van der Waals surface area contributed by atoms with E-state index < -0.39 is 0 Å². The number of thiophene rings is 1. The monoisotopic (exact) mass is 409 g/mol. The lowest BCUT2D eigenvalue weighted by Gasteiger charge is -2.06. The van der Waals surface area contributed by atoms with Crippen LogP contribution >= 0.6 is 22.7 Å². The van der Waals surface area contributed by atoms with E-state index in [9.17, 15) is 0 Å². The third kappa shape index (κ3) is 4.00. The van der Waals surface area contributed by atoms with Gasteiger partial charge in [-0.05, 0) is 30.7 Å². The van der Waals surface area contributed by atoms with E-state index in [1.807, 2.05) is 18.2 Å². The summed E-state index contributed by atoms with van der Waals surface area (Å²) in [6.07, 6.45) is 0. The maximum atomic E-state index is 5.34. The number of benzene rings is 2. The van der Waals surface area contributed by atoms with Crippen LogP contribution in [0.15, 0.2) is 53.9 Å². The van der Waals surface area contributed by atoms with E-state index in [0.29, 0.717) is 0 Å². The van der Waals surface area contributed by atoms with E-state index in [2.05, 4.69) is 58.1 Å². The summed E-state index contributed by atoms with van der Waals surface area (Å²) < 4.78 is 10.7. The van der Waals surface area contributed by atoms with E-state index in [0.717, 1.165) is 32.9 Å².